The van der Waals surface area contributed by atoms with Crippen LogP contribution in [0.5, 0.6) is 0 Å². The van der Waals surface area contributed by atoms with Gasteiger partial charge in [-0.05, 0) is 24.3 Å². The third-order valence-corrected chi connectivity index (χ3v) is 5.14. The highest BCUT2D eigenvalue weighted by atomic mass is 16.2. The summed E-state index contributed by atoms with van der Waals surface area (Å²) in [6.45, 7) is 8.95. The molecule has 26 heavy (non-hydrogen) atoms. The van der Waals surface area contributed by atoms with Crippen LogP contribution in [-0.4, -0.2) is 82.5 Å². The summed E-state index contributed by atoms with van der Waals surface area (Å²) in [6, 6.07) is 2.74. The lowest BCUT2D eigenvalue weighted by molar-refractivity contribution is -0.135. The third kappa shape index (κ3) is 4.49. The molecule has 1 aromatic rings. The van der Waals surface area contributed by atoms with Crippen molar-refractivity contribution in [3.05, 3.63) is 28.2 Å². The van der Waals surface area contributed by atoms with E-state index in [1.165, 1.54) is 18.6 Å². The van der Waals surface area contributed by atoms with Crippen LogP contribution in [0.15, 0.2) is 16.9 Å². The molecule has 0 radical (unpaired) electrons. The Labute approximate surface area is 153 Å². The van der Waals surface area contributed by atoms with Gasteiger partial charge in [0.1, 0.15) is 5.69 Å². The number of hydrogen-bond acceptors (Lipinski definition) is 5. The lowest BCUT2D eigenvalue weighted by atomic mass is 9.92. The normalized spacial score (nSPS) is 24.5. The maximum absolute atomic E-state index is 12.6. The number of H-pyrrole nitrogens is 1. The van der Waals surface area contributed by atoms with Gasteiger partial charge >= 0.3 is 0 Å². The average molecular weight is 361 g/mol. The van der Waals surface area contributed by atoms with Gasteiger partial charge in [0.05, 0.1) is 6.54 Å². The molecule has 142 valence electrons. The highest BCUT2D eigenvalue weighted by molar-refractivity contribution is 5.92. The van der Waals surface area contributed by atoms with Crippen LogP contribution in [0, 0.1) is 11.8 Å². The van der Waals surface area contributed by atoms with Crippen LogP contribution >= 0.6 is 0 Å². The Morgan fingerprint density at radius 2 is 1.73 bits per heavy atom. The number of hydrogen-bond donors (Lipinski definition) is 1. The average Bonchev–Trinajstić information content (AvgIpc) is 2.61. The fourth-order valence-electron chi connectivity index (χ4n) is 3.89. The Bertz CT molecular complexity index is 681. The van der Waals surface area contributed by atoms with E-state index in [9.17, 15) is 14.4 Å². The predicted molar refractivity (Wildman–Crippen MR) is 96.7 cm³/mol. The van der Waals surface area contributed by atoms with E-state index in [1.807, 2.05) is 4.90 Å². The predicted octanol–water partition coefficient (Wildman–Crippen LogP) is 0.0322. The van der Waals surface area contributed by atoms with Gasteiger partial charge < -0.3 is 9.80 Å². The Morgan fingerprint density at radius 3 is 2.31 bits per heavy atom. The Morgan fingerprint density at radius 1 is 1.08 bits per heavy atom. The molecule has 2 fully saturated rings. The molecule has 2 unspecified atom stereocenters. The number of carbonyl (C=O) groups is 2. The van der Waals surface area contributed by atoms with Gasteiger partial charge in [0.2, 0.25) is 5.91 Å². The van der Waals surface area contributed by atoms with Gasteiger partial charge in [-0.1, -0.05) is 13.8 Å². The molecule has 1 N–H and O–H groups in total. The largest absolute Gasteiger partial charge is 0.341 e. The highest BCUT2D eigenvalue weighted by Gasteiger charge is 2.28. The summed E-state index contributed by atoms with van der Waals surface area (Å²) in [5.74, 6) is 1.11. The fourth-order valence-corrected chi connectivity index (χ4v) is 3.89. The number of aromatic amines is 1. The quantitative estimate of drug-likeness (QED) is 0.821. The van der Waals surface area contributed by atoms with Crippen molar-refractivity contribution in [2.24, 2.45) is 11.8 Å². The van der Waals surface area contributed by atoms with E-state index >= 15 is 0 Å². The molecule has 2 amide bonds. The standard InChI is InChI=1S/C18H27N5O3/c1-13-9-14(2)11-23(10-13)17(25)12-21-5-7-22(8-6-21)18(26)15-3-4-16(24)20-19-15/h3-4,13-14H,5-12H2,1-2H3,(H,20,24). The summed E-state index contributed by atoms with van der Waals surface area (Å²) in [7, 11) is 0. The van der Waals surface area contributed by atoms with Gasteiger partial charge in [-0.3, -0.25) is 19.3 Å². The minimum absolute atomic E-state index is 0.186. The van der Waals surface area contributed by atoms with Gasteiger partial charge in [-0.2, -0.15) is 5.10 Å². The van der Waals surface area contributed by atoms with Crippen molar-refractivity contribution in [3.63, 3.8) is 0 Å². The maximum atomic E-state index is 12.6. The number of piperazine rings is 1. The van der Waals surface area contributed by atoms with Gasteiger partial charge in [0.25, 0.3) is 11.5 Å². The molecular weight excluding hydrogens is 334 g/mol. The molecule has 0 spiro atoms. The second kappa shape index (κ2) is 7.99. The molecule has 3 heterocycles. The zero-order chi connectivity index (χ0) is 18.7. The molecule has 1 aromatic heterocycles. The molecule has 2 saturated heterocycles. The van der Waals surface area contributed by atoms with Crippen LogP contribution < -0.4 is 5.56 Å². The van der Waals surface area contributed by atoms with E-state index in [2.05, 4.69) is 28.9 Å². The minimum atomic E-state index is -0.328. The van der Waals surface area contributed by atoms with Gasteiger partial charge in [0, 0.05) is 45.3 Å². The number of carbonyl (C=O) groups excluding carboxylic acids is 2. The first kappa shape index (κ1) is 18.6. The van der Waals surface area contributed by atoms with E-state index in [1.54, 1.807) is 4.90 Å². The van der Waals surface area contributed by atoms with E-state index in [0.29, 0.717) is 44.6 Å². The van der Waals surface area contributed by atoms with Crippen LogP contribution in [0.2, 0.25) is 0 Å². The summed E-state index contributed by atoms with van der Waals surface area (Å²) in [5, 5.41) is 6.08. The number of aromatic nitrogens is 2. The summed E-state index contributed by atoms with van der Waals surface area (Å²) >= 11 is 0. The molecule has 2 aliphatic rings. The van der Waals surface area contributed by atoms with Crippen molar-refractivity contribution in [1.82, 2.24) is 24.9 Å². The summed E-state index contributed by atoms with van der Waals surface area (Å²) in [4.78, 5) is 41.9. The molecule has 8 heteroatoms. The van der Waals surface area contributed by atoms with Crippen LogP contribution in [0.25, 0.3) is 0 Å². The molecule has 8 nitrogen and oxygen atoms in total. The number of piperidine rings is 1. The SMILES string of the molecule is CC1CC(C)CN(C(=O)CN2CCN(C(=O)c3ccc(=O)[nH]n3)CC2)C1. The number of rotatable bonds is 3. The van der Waals surface area contributed by atoms with Gasteiger partial charge in [-0.15, -0.1) is 0 Å². The van der Waals surface area contributed by atoms with Crippen LogP contribution in [0.4, 0.5) is 0 Å². The lowest BCUT2D eigenvalue weighted by Gasteiger charge is -2.38. The zero-order valence-electron chi connectivity index (χ0n) is 15.5. The summed E-state index contributed by atoms with van der Waals surface area (Å²) in [6.07, 6.45) is 1.18. The van der Waals surface area contributed by atoms with Crippen molar-refractivity contribution >= 4 is 11.8 Å². The van der Waals surface area contributed by atoms with E-state index < -0.39 is 0 Å². The number of likely N-dealkylation sites (tertiary alicyclic amines) is 1. The number of nitrogens with one attached hydrogen (secondary N) is 1. The first-order chi connectivity index (χ1) is 12.4. The third-order valence-electron chi connectivity index (χ3n) is 5.14. The van der Waals surface area contributed by atoms with Crippen molar-refractivity contribution < 1.29 is 9.59 Å². The zero-order valence-corrected chi connectivity index (χ0v) is 15.5. The Kier molecular flexibility index (Phi) is 5.70. The smallest absolute Gasteiger partial charge is 0.274 e. The molecule has 2 atom stereocenters. The Hall–Kier alpha value is -2.22. The first-order valence-corrected chi connectivity index (χ1v) is 9.27. The van der Waals surface area contributed by atoms with Crippen LogP contribution in [-0.2, 0) is 4.79 Å². The summed E-state index contributed by atoms with van der Waals surface area (Å²) < 4.78 is 0. The van der Waals surface area contributed by atoms with E-state index in [4.69, 9.17) is 0 Å². The molecule has 3 rings (SSSR count). The molecular formula is C18H27N5O3. The monoisotopic (exact) mass is 361 g/mol. The fraction of sp³-hybridized carbons (Fsp3) is 0.667. The van der Waals surface area contributed by atoms with E-state index in [0.717, 1.165) is 13.1 Å². The van der Waals surface area contributed by atoms with Gasteiger partial charge in [-0.25, -0.2) is 5.10 Å². The van der Waals surface area contributed by atoms with E-state index in [-0.39, 0.29) is 23.1 Å². The van der Waals surface area contributed by atoms with Crippen molar-refractivity contribution in [2.75, 3.05) is 45.8 Å². The van der Waals surface area contributed by atoms with Crippen LogP contribution in [0.3, 0.4) is 0 Å². The summed E-state index contributed by atoms with van der Waals surface area (Å²) in [5.41, 5.74) is -0.0864. The molecule has 0 bridgehead atoms. The lowest BCUT2D eigenvalue weighted by Crippen LogP contribution is -2.53. The second-order valence-corrected chi connectivity index (χ2v) is 7.62. The molecule has 0 aliphatic carbocycles. The van der Waals surface area contributed by atoms with Crippen LogP contribution in [0.1, 0.15) is 30.8 Å². The van der Waals surface area contributed by atoms with Gasteiger partial charge in [0.15, 0.2) is 0 Å². The van der Waals surface area contributed by atoms with Crippen molar-refractivity contribution in [2.45, 2.75) is 20.3 Å². The maximum Gasteiger partial charge on any atom is 0.274 e. The topological polar surface area (TPSA) is 89.6 Å². The number of nitrogens with zero attached hydrogens (tertiary/aromatic N) is 4. The van der Waals surface area contributed by atoms with Crippen molar-refractivity contribution in [3.8, 4) is 0 Å². The molecule has 0 saturated carbocycles. The molecule has 0 aromatic carbocycles. The second-order valence-electron chi connectivity index (χ2n) is 7.62. The van der Waals surface area contributed by atoms with Crippen molar-refractivity contribution in [1.29, 1.82) is 0 Å². The number of amides is 2. The first-order valence-electron chi connectivity index (χ1n) is 9.27. The minimum Gasteiger partial charge on any atom is -0.341 e. The Balaban J connectivity index is 1.49. The molecule has 2 aliphatic heterocycles. The highest BCUT2D eigenvalue weighted by Crippen LogP contribution is 2.21.